The number of hydrogen-bond acceptors (Lipinski definition) is 7. The Morgan fingerprint density at radius 1 is 1.14 bits per heavy atom. The molecule has 0 N–H and O–H groups in total. The van der Waals surface area contributed by atoms with Crippen molar-refractivity contribution < 1.29 is 24.0 Å². The smallest absolute Gasteiger partial charge is 0.340 e. The quantitative estimate of drug-likeness (QED) is 0.315. The molecule has 2 aromatic rings. The molecule has 1 aliphatic heterocycles. The number of anilines is 1. The molecule has 1 fully saturated rings. The summed E-state index contributed by atoms with van der Waals surface area (Å²) in [7, 11) is 0. The maximum absolute atomic E-state index is 12.6. The third-order valence-corrected chi connectivity index (χ3v) is 4.52. The van der Waals surface area contributed by atoms with E-state index in [9.17, 15) is 19.7 Å². The third-order valence-electron chi connectivity index (χ3n) is 4.26. The number of halogens is 1. The van der Waals surface area contributed by atoms with E-state index in [2.05, 4.69) is 0 Å². The van der Waals surface area contributed by atoms with Crippen molar-refractivity contribution in [2.24, 2.45) is 0 Å². The van der Waals surface area contributed by atoms with Crippen LogP contribution < -0.4 is 4.90 Å². The zero-order valence-corrected chi connectivity index (χ0v) is 15.6. The highest BCUT2D eigenvalue weighted by atomic mass is 35.5. The molecule has 0 aliphatic carbocycles. The van der Waals surface area contributed by atoms with Gasteiger partial charge in [0.15, 0.2) is 12.4 Å². The van der Waals surface area contributed by atoms with Crippen LogP contribution in [0, 0.1) is 10.1 Å². The van der Waals surface area contributed by atoms with E-state index in [1.165, 1.54) is 30.3 Å². The molecule has 0 aromatic heterocycles. The first-order valence-corrected chi connectivity index (χ1v) is 8.90. The van der Waals surface area contributed by atoms with Crippen LogP contribution in [0.3, 0.4) is 0 Å². The molecule has 3 rings (SSSR count). The minimum atomic E-state index is -0.799. The van der Waals surface area contributed by atoms with E-state index in [0.717, 1.165) is 0 Å². The lowest BCUT2D eigenvalue weighted by Gasteiger charge is -2.30. The minimum absolute atomic E-state index is 0.0417. The monoisotopic (exact) mass is 404 g/mol. The van der Waals surface area contributed by atoms with Crippen LogP contribution in [-0.4, -0.2) is 49.6 Å². The molecular weight excluding hydrogens is 388 g/mol. The number of Topliss-reactive ketones (excluding diaryl/α,β-unsaturated/α-hetero) is 1. The van der Waals surface area contributed by atoms with Gasteiger partial charge in [-0.25, -0.2) is 4.79 Å². The SMILES string of the molecule is O=C(COC(=O)c1cc([N+](=O)[O-])ccc1N1CCOCC1)c1ccc(Cl)cc1. The van der Waals surface area contributed by atoms with Crippen LogP contribution in [-0.2, 0) is 9.47 Å². The maximum Gasteiger partial charge on any atom is 0.340 e. The third kappa shape index (κ3) is 4.65. The molecule has 0 amide bonds. The number of rotatable bonds is 6. The summed E-state index contributed by atoms with van der Waals surface area (Å²) >= 11 is 5.79. The van der Waals surface area contributed by atoms with Crippen LogP contribution in [0.4, 0.5) is 11.4 Å². The number of benzene rings is 2. The Morgan fingerprint density at radius 3 is 2.46 bits per heavy atom. The van der Waals surface area contributed by atoms with Gasteiger partial charge in [0.2, 0.25) is 0 Å². The molecule has 0 saturated carbocycles. The highest BCUT2D eigenvalue weighted by Gasteiger charge is 2.23. The van der Waals surface area contributed by atoms with E-state index in [0.29, 0.717) is 42.6 Å². The normalized spacial score (nSPS) is 13.8. The largest absolute Gasteiger partial charge is 0.454 e. The van der Waals surface area contributed by atoms with Crippen molar-refractivity contribution in [2.75, 3.05) is 37.8 Å². The predicted molar refractivity (Wildman–Crippen MR) is 102 cm³/mol. The Morgan fingerprint density at radius 2 is 1.82 bits per heavy atom. The molecule has 8 nitrogen and oxygen atoms in total. The van der Waals surface area contributed by atoms with E-state index >= 15 is 0 Å². The topological polar surface area (TPSA) is 99.0 Å². The summed E-state index contributed by atoms with van der Waals surface area (Å²) in [6, 6.07) is 10.2. The Kier molecular flexibility index (Phi) is 6.23. The lowest BCUT2D eigenvalue weighted by molar-refractivity contribution is -0.384. The van der Waals surface area contributed by atoms with Gasteiger partial charge in [-0.1, -0.05) is 11.6 Å². The van der Waals surface area contributed by atoms with E-state index < -0.39 is 23.3 Å². The number of hydrogen-bond donors (Lipinski definition) is 0. The van der Waals surface area contributed by atoms with Gasteiger partial charge in [-0.2, -0.15) is 0 Å². The van der Waals surface area contributed by atoms with Crippen LogP contribution in [0.15, 0.2) is 42.5 Å². The number of carbonyl (C=O) groups excluding carboxylic acids is 2. The molecule has 0 radical (unpaired) electrons. The van der Waals surface area contributed by atoms with Gasteiger partial charge in [0, 0.05) is 35.8 Å². The van der Waals surface area contributed by atoms with Crippen LogP contribution >= 0.6 is 11.6 Å². The Balaban J connectivity index is 1.78. The maximum atomic E-state index is 12.6. The number of nitrogens with zero attached hydrogens (tertiary/aromatic N) is 2. The first-order valence-electron chi connectivity index (χ1n) is 8.53. The van der Waals surface area contributed by atoms with Gasteiger partial charge >= 0.3 is 5.97 Å². The number of nitro groups is 1. The molecule has 1 aliphatic rings. The fourth-order valence-electron chi connectivity index (χ4n) is 2.81. The number of nitro benzene ring substituents is 1. The van der Waals surface area contributed by atoms with Gasteiger partial charge in [-0.15, -0.1) is 0 Å². The number of esters is 1. The molecule has 0 spiro atoms. The van der Waals surface area contributed by atoms with Gasteiger partial charge in [-0.3, -0.25) is 14.9 Å². The number of morpholine rings is 1. The second-order valence-corrected chi connectivity index (χ2v) is 6.50. The summed E-state index contributed by atoms with van der Waals surface area (Å²) in [5.41, 5.74) is 0.676. The Hall–Kier alpha value is -2.97. The van der Waals surface area contributed by atoms with Crippen LogP contribution in [0.25, 0.3) is 0 Å². The zero-order chi connectivity index (χ0) is 20.1. The van der Waals surface area contributed by atoms with Gasteiger partial charge < -0.3 is 14.4 Å². The molecule has 1 saturated heterocycles. The number of ketones is 1. The summed E-state index contributed by atoms with van der Waals surface area (Å²) in [5, 5.41) is 11.6. The standard InChI is InChI=1S/C19H17ClN2O6/c20-14-3-1-13(2-4-14)18(23)12-28-19(24)16-11-15(22(25)26)5-6-17(16)21-7-9-27-10-8-21/h1-6,11H,7-10,12H2. The van der Waals surface area contributed by atoms with Crippen LogP contribution in [0.5, 0.6) is 0 Å². The van der Waals surface area contributed by atoms with E-state index in [1.807, 2.05) is 4.90 Å². The first-order chi connectivity index (χ1) is 13.5. The summed E-state index contributed by atoms with van der Waals surface area (Å²) in [5.74, 6) is -1.20. The van der Waals surface area contributed by atoms with E-state index in [4.69, 9.17) is 21.1 Å². The zero-order valence-electron chi connectivity index (χ0n) is 14.8. The van der Waals surface area contributed by atoms with Gasteiger partial charge in [0.25, 0.3) is 5.69 Å². The van der Waals surface area contributed by atoms with Gasteiger partial charge in [0.1, 0.15) is 0 Å². The van der Waals surface area contributed by atoms with Crippen LogP contribution in [0.2, 0.25) is 5.02 Å². The summed E-state index contributed by atoms with van der Waals surface area (Å²) < 4.78 is 10.4. The fourth-order valence-corrected chi connectivity index (χ4v) is 2.94. The first kappa shape index (κ1) is 19.8. The average Bonchev–Trinajstić information content (AvgIpc) is 2.72. The van der Waals surface area contributed by atoms with Crippen molar-refractivity contribution in [1.29, 1.82) is 0 Å². The number of ether oxygens (including phenoxy) is 2. The van der Waals surface area contributed by atoms with Crippen molar-refractivity contribution in [3.05, 3.63) is 68.7 Å². The average molecular weight is 405 g/mol. The Labute approximate surface area is 165 Å². The van der Waals surface area contributed by atoms with Crippen molar-refractivity contribution in [1.82, 2.24) is 0 Å². The Bertz CT molecular complexity index is 894. The highest BCUT2D eigenvalue weighted by Crippen LogP contribution is 2.27. The molecule has 9 heteroatoms. The second kappa shape index (κ2) is 8.81. The van der Waals surface area contributed by atoms with Crippen molar-refractivity contribution in [3.8, 4) is 0 Å². The number of non-ortho nitro benzene ring substituents is 1. The molecule has 0 unspecified atom stereocenters. The molecule has 2 aromatic carbocycles. The number of carbonyl (C=O) groups is 2. The molecule has 0 bridgehead atoms. The summed E-state index contributed by atoms with van der Waals surface area (Å²) in [6.07, 6.45) is 0. The van der Waals surface area contributed by atoms with Gasteiger partial charge in [-0.05, 0) is 30.3 Å². The molecule has 28 heavy (non-hydrogen) atoms. The van der Waals surface area contributed by atoms with Crippen molar-refractivity contribution in [3.63, 3.8) is 0 Å². The molecule has 0 atom stereocenters. The minimum Gasteiger partial charge on any atom is -0.454 e. The van der Waals surface area contributed by atoms with Crippen molar-refractivity contribution in [2.45, 2.75) is 0 Å². The summed E-state index contributed by atoms with van der Waals surface area (Å²) in [4.78, 5) is 37.2. The summed E-state index contributed by atoms with van der Waals surface area (Å²) in [6.45, 7) is 1.58. The van der Waals surface area contributed by atoms with E-state index in [1.54, 1.807) is 12.1 Å². The lowest BCUT2D eigenvalue weighted by atomic mass is 10.1. The van der Waals surface area contributed by atoms with Gasteiger partial charge in [0.05, 0.1) is 29.4 Å². The molecule has 1 heterocycles. The van der Waals surface area contributed by atoms with E-state index in [-0.39, 0.29) is 11.3 Å². The fraction of sp³-hybridized carbons (Fsp3) is 0.263. The highest BCUT2D eigenvalue weighted by molar-refractivity contribution is 6.30. The second-order valence-electron chi connectivity index (χ2n) is 6.06. The van der Waals surface area contributed by atoms with Crippen LogP contribution in [0.1, 0.15) is 20.7 Å². The van der Waals surface area contributed by atoms with Crippen molar-refractivity contribution >= 4 is 34.7 Å². The molecular formula is C19H17ClN2O6. The lowest BCUT2D eigenvalue weighted by Crippen LogP contribution is -2.37. The predicted octanol–water partition coefficient (Wildman–Crippen LogP) is 3.12. The molecule has 146 valence electrons.